The highest BCUT2D eigenvalue weighted by atomic mass is 79.9. The number of halogens is 1. The summed E-state index contributed by atoms with van der Waals surface area (Å²) in [6, 6.07) is 7.58. The van der Waals surface area contributed by atoms with Crippen molar-refractivity contribution in [2.45, 2.75) is 25.5 Å². The second-order valence-electron chi connectivity index (χ2n) is 4.98. The van der Waals surface area contributed by atoms with E-state index in [4.69, 9.17) is 0 Å². The van der Waals surface area contributed by atoms with Gasteiger partial charge in [0.1, 0.15) is 21.3 Å². The molecule has 0 aliphatic carbocycles. The molecule has 0 amide bonds. The van der Waals surface area contributed by atoms with Crippen molar-refractivity contribution in [3.63, 3.8) is 0 Å². The fraction of sp³-hybridized carbons (Fsp3) is 0.308. The van der Waals surface area contributed by atoms with Crippen molar-refractivity contribution in [1.29, 1.82) is 0 Å². The maximum Gasteiger partial charge on any atom is 0.144 e. The molecule has 0 N–H and O–H groups in total. The minimum absolute atomic E-state index is 0.382. The molecule has 0 radical (unpaired) electrons. The summed E-state index contributed by atoms with van der Waals surface area (Å²) in [4.78, 5) is 8.82. The lowest BCUT2D eigenvalue weighted by molar-refractivity contribution is 0.651. The van der Waals surface area contributed by atoms with Gasteiger partial charge in [0.05, 0.1) is 22.0 Å². The van der Waals surface area contributed by atoms with Crippen LogP contribution in [0.25, 0.3) is 11.0 Å². The van der Waals surface area contributed by atoms with Crippen molar-refractivity contribution < 1.29 is 4.21 Å². The Morgan fingerprint density at radius 3 is 2.37 bits per heavy atom. The van der Waals surface area contributed by atoms with E-state index in [1.165, 1.54) is 6.21 Å². The van der Waals surface area contributed by atoms with Gasteiger partial charge in [-0.1, -0.05) is 12.1 Å². The molecular weight excluding hydrogens is 326 g/mol. The Morgan fingerprint density at radius 2 is 1.79 bits per heavy atom. The Balaban J connectivity index is 2.38. The van der Waals surface area contributed by atoms with E-state index in [0.717, 1.165) is 11.0 Å². The number of hydrogen-bond acceptors (Lipinski definition) is 3. The van der Waals surface area contributed by atoms with Crippen LogP contribution in [0.3, 0.4) is 0 Å². The van der Waals surface area contributed by atoms with E-state index in [0.29, 0.717) is 10.3 Å². The van der Waals surface area contributed by atoms with Crippen LogP contribution in [0.1, 0.15) is 26.5 Å². The molecule has 1 aromatic carbocycles. The van der Waals surface area contributed by atoms with Gasteiger partial charge in [0.2, 0.25) is 0 Å². The lowest BCUT2D eigenvalue weighted by Crippen LogP contribution is -2.19. The molecule has 0 aliphatic heterocycles. The Kier molecular flexibility index (Phi) is 4.10. The van der Waals surface area contributed by atoms with Crippen LogP contribution in [0.5, 0.6) is 0 Å². The van der Waals surface area contributed by atoms with Gasteiger partial charge in [-0.25, -0.2) is 14.2 Å². The predicted octanol–water partition coefficient (Wildman–Crippen LogP) is 3.27. The highest BCUT2D eigenvalue weighted by Gasteiger charge is 2.18. The summed E-state index contributed by atoms with van der Waals surface area (Å²) in [5, 5.41) is 0. The first-order valence-corrected chi connectivity index (χ1v) is 7.66. The van der Waals surface area contributed by atoms with Gasteiger partial charge in [-0.05, 0) is 48.8 Å². The molecule has 0 bridgehead atoms. The van der Waals surface area contributed by atoms with Gasteiger partial charge in [0.15, 0.2) is 0 Å². The smallest absolute Gasteiger partial charge is 0.144 e. The predicted molar refractivity (Wildman–Crippen MR) is 82.7 cm³/mol. The largest absolute Gasteiger partial charge is 0.242 e. The van der Waals surface area contributed by atoms with Crippen molar-refractivity contribution in [3.8, 4) is 0 Å². The Morgan fingerprint density at radius 1 is 1.21 bits per heavy atom. The number of para-hydroxylation sites is 2. The molecule has 0 aliphatic rings. The molecule has 100 valence electrons. The zero-order valence-corrected chi connectivity index (χ0v) is 13.3. The lowest BCUT2D eigenvalue weighted by atomic mass is 10.3. The molecule has 6 heteroatoms. The third-order valence-corrected chi connectivity index (χ3v) is 4.28. The van der Waals surface area contributed by atoms with Gasteiger partial charge in [0, 0.05) is 0 Å². The number of aromatic nitrogens is 2. The maximum atomic E-state index is 11.9. The first-order valence-electron chi connectivity index (χ1n) is 5.76. The molecule has 4 nitrogen and oxygen atoms in total. The quantitative estimate of drug-likeness (QED) is 0.789. The van der Waals surface area contributed by atoms with Crippen molar-refractivity contribution in [3.05, 3.63) is 34.6 Å². The normalized spacial score (nSPS) is 14.1. The van der Waals surface area contributed by atoms with Gasteiger partial charge in [0.25, 0.3) is 0 Å². The van der Waals surface area contributed by atoms with Crippen molar-refractivity contribution in [1.82, 2.24) is 9.97 Å². The van der Waals surface area contributed by atoms with Crippen LogP contribution in [-0.2, 0) is 11.0 Å². The van der Waals surface area contributed by atoms with E-state index >= 15 is 0 Å². The fourth-order valence-corrected chi connectivity index (χ4v) is 2.22. The van der Waals surface area contributed by atoms with Gasteiger partial charge in [-0.3, -0.25) is 0 Å². The molecule has 1 unspecified atom stereocenters. The van der Waals surface area contributed by atoms with Crippen molar-refractivity contribution in [2.24, 2.45) is 4.40 Å². The molecule has 2 aromatic rings. The monoisotopic (exact) mass is 339 g/mol. The Bertz CT molecular complexity index is 664. The number of fused-ring (bicyclic) bond motifs is 1. The highest BCUT2D eigenvalue weighted by molar-refractivity contribution is 9.10. The second kappa shape index (κ2) is 5.46. The first kappa shape index (κ1) is 14.3. The van der Waals surface area contributed by atoms with Crippen LogP contribution in [0.4, 0.5) is 0 Å². The standard InChI is InChI=1S/C13H14BrN3OS/c1-13(2,3)19(18)15-8-11-12(14)17-10-7-5-4-6-9(10)16-11/h4-8H,1-3H3/b15-8+. The van der Waals surface area contributed by atoms with E-state index in [1.54, 1.807) is 0 Å². The molecular formula is C13H14BrN3OS. The molecule has 0 saturated carbocycles. The summed E-state index contributed by atoms with van der Waals surface area (Å²) in [6.45, 7) is 5.63. The number of rotatable bonds is 2. The first-order chi connectivity index (χ1) is 8.88. The molecule has 0 fully saturated rings. The van der Waals surface area contributed by atoms with Crippen LogP contribution in [-0.4, -0.2) is 25.1 Å². The number of hydrogen-bond donors (Lipinski definition) is 0. The molecule has 2 rings (SSSR count). The van der Waals surface area contributed by atoms with E-state index in [9.17, 15) is 4.21 Å². The van der Waals surface area contributed by atoms with Crippen LogP contribution >= 0.6 is 15.9 Å². The molecule has 0 saturated heterocycles. The summed E-state index contributed by atoms with van der Waals surface area (Å²) < 4.78 is 16.1. The summed E-state index contributed by atoms with van der Waals surface area (Å²) in [5.74, 6) is 0. The zero-order chi connectivity index (χ0) is 14.0. The molecule has 1 atom stereocenters. The van der Waals surface area contributed by atoms with Gasteiger partial charge in [-0.2, -0.15) is 4.40 Å². The van der Waals surface area contributed by atoms with Crippen molar-refractivity contribution >= 4 is 44.2 Å². The number of nitrogens with zero attached hydrogens (tertiary/aromatic N) is 3. The molecule has 1 aromatic heterocycles. The lowest BCUT2D eigenvalue weighted by Gasteiger charge is -2.12. The topological polar surface area (TPSA) is 55.2 Å². The minimum atomic E-state index is -1.30. The fourth-order valence-electron chi connectivity index (χ4n) is 1.33. The zero-order valence-electron chi connectivity index (χ0n) is 10.9. The molecule has 0 spiro atoms. The van der Waals surface area contributed by atoms with Gasteiger partial charge in [-0.15, -0.1) is 0 Å². The van der Waals surface area contributed by atoms with E-state index in [2.05, 4.69) is 30.3 Å². The summed E-state index contributed by atoms with van der Waals surface area (Å²) in [6.07, 6.45) is 1.50. The van der Waals surface area contributed by atoms with Gasteiger partial charge < -0.3 is 0 Å². The third-order valence-electron chi connectivity index (χ3n) is 2.35. The average molecular weight is 340 g/mol. The molecule has 1 heterocycles. The number of benzene rings is 1. The summed E-state index contributed by atoms with van der Waals surface area (Å²) in [7, 11) is -1.30. The third kappa shape index (κ3) is 3.45. The SMILES string of the molecule is CC(C)(C)S(=O)/N=C/c1nc2ccccc2nc1Br. The maximum absolute atomic E-state index is 11.9. The Labute approximate surface area is 123 Å². The van der Waals surface area contributed by atoms with Crippen LogP contribution in [0, 0.1) is 0 Å². The molecule has 19 heavy (non-hydrogen) atoms. The van der Waals surface area contributed by atoms with Crippen molar-refractivity contribution in [2.75, 3.05) is 0 Å². The average Bonchev–Trinajstić information content (AvgIpc) is 2.34. The van der Waals surface area contributed by atoms with E-state index < -0.39 is 11.0 Å². The van der Waals surface area contributed by atoms with Crippen LogP contribution in [0.15, 0.2) is 33.3 Å². The van der Waals surface area contributed by atoms with Crippen LogP contribution < -0.4 is 0 Å². The van der Waals surface area contributed by atoms with Crippen LogP contribution in [0.2, 0.25) is 0 Å². The summed E-state index contributed by atoms with van der Waals surface area (Å²) >= 11 is 3.35. The van der Waals surface area contributed by atoms with Gasteiger partial charge >= 0.3 is 0 Å². The minimum Gasteiger partial charge on any atom is -0.242 e. The highest BCUT2D eigenvalue weighted by Crippen LogP contribution is 2.17. The van der Waals surface area contributed by atoms with E-state index in [1.807, 2.05) is 45.0 Å². The summed E-state index contributed by atoms with van der Waals surface area (Å²) in [5.41, 5.74) is 2.17. The Hall–Kier alpha value is -1.14. The van der Waals surface area contributed by atoms with E-state index in [-0.39, 0.29) is 4.75 Å². The second-order valence-corrected chi connectivity index (χ2v) is 7.67.